The molecule has 0 radical (unpaired) electrons. The lowest BCUT2D eigenvalue weighted by Gasteiger charge is -2.22. The van der Waals surface area contributed by atoms with E-state index in [1.165, 1.54) is 12.1 Å². The Balaban J connectivity index is 1.91. The Kier molecular flexibility index (Phi) is 6.15. The summed E-state index contributed by atoms with van der Waals surface area (Å²) in [5.41, 5.74) is 1.37. The molecule has 0 bridgehead atoms. The average molecular weight is 381 g/mol. The summed E-state index contributed by atoms with van der Waals surface area (Å²) in [6, 6.07) is 22.4. The summed E-state index contributed by atoms with van der Waals surface area (Å²) in [6.07, 6.45) is -4.41. The van der Waals surface area contributed by atoms with E-state index in [2.05, 4.69) is 11.8 Å². The van der Waals surface area contributed by atoms with Gasteiger partial charge in [0.2, 0.25) is 0 Å². The van der Waals surface area contributed by atoms with Crippen molar-refractivity contribution >= 4 is 0 Å². The highest BCUT2D eigenvalue weighted by molar-refractivity contribution is 5.38. The van der Waals surface area contributed by atoms with E-state index in [0.717, 1.165) is 28.3 Å². The Morgan fingerprint density at radius 2 is 1.39 bits per heavy atom. The maximum Gasteiger partial charge on any atom is 0.416 e. The molecule has 3 aromatic carbocycles. The summed E-state index contributed by atoms with van der Waals surface area (Å²) in [5.74, 6) is 5.96. The minimum absolute atomic E-state index is 0.190. The first-order chi connectivity index (χ1) is 13.4. The van der Waals surface area contributed by atoms with Crippen LogP contribution in [0.25, 0.3) is 0 Å². The van der Waals surface area contributed by atoms with E-state index in [4.69, 9.17) is 0 Å². The van der Waals surface area contributed by atoms with Crippen LogP contribution in [0.15, 0.2) is 84.9 Å². The lowest BCUT2D eigenvalue weighted by molar-refractivity contribution is -0.137. The van der Waals surface area contributed by atoms with Crippen LogP contribution in [0.2, 0.25) is 0 Å². The lowest BCUT2D eigenvalue weighted by atomic mass is 10.0. The maximum absolute atomic E-state index is 12.8. The number of halogens is 3. The number of hydrogen-bond acceptors (Lipinski definition) is 2. The standard InChI is InChI=1S/C23H18F3NO/c24-23(25,26)21-14-12-20(13-15-21)22(16-11-18-7-3-1-4-8-18)27(28)17-19-9-5-2-6-10-19/h1-10,12-15,22,28H,17H2. The van der Waals surface area contributed by atoms with Gasteiger partial charge >= 0.3 is 6.18 Å². The number of benzene rings is 3. The van der Waals surface area contributed by atoms with Gasteiger partial charge in [-0.15, -0.1) is 0 Å². The van der Waals surface area contributed by atoms with Crippen molar-refractivity contribution in [2.75, 3.05) is 0 Å². The summed E-state index contributed by atoms with van der Waals surface area (Å²) >= 11 is 0. The smallest absolute Gasteiger partial charge is 0.312 e. The van der Waals surface area contributed by atoms with E-state index in [0.29, 0.717) is 5.56 Å². The molecule has 0 aliphatic carbocycles. The zero-order valence-electron chi connectivity index (χ0n) is 14.9. The molecule has 0 fully saturated rings. The Hall–Kier alpha value is -3.07. The molecular formula is C23H18F3NO. The molecule has 5 heteroatoms. The van der Waals surface area contributed by atoms with Crippen molar-refractivity contribution < 1.29 is 18.4 Å². The molecule has 0 spiro atoms. The number of hydroxylamine groups is 2. The number of nitrogens with zero attached hydrogens (tertiary/aromatic N) is 1. The van der Waals surface area contributed by atoms with E-state index in [1.807, 2.05) is 60.7 Å². The van der Waals surface area contributed by atoms with Crippen molar-refractivity contribution in [1.29, 1.82) is 0 Å². The van der Waals surface area contributed by atoms with Gasteiger partial charge in [-0.25, -0.2) is 0 Å². The fourth-order valence-corrected chi connectivity index (χ4v) is 2.72. The summed E-state index contributed by atoms with van der Waals surface area (Å²) in [7, 11) is 0. The summed E-state index contributed by atoms with van der Waals surface area (Å²) in [6.45, 7) is 0.190. The largest absolute Gasteiger partial charge is 0.416 e. The van der Waals surface area contributed by atoms with E-state index in [-0.39, 0.29) is 6.54 Å². The molecule has 1 unspecified atom stereocenters. The Morgan fingerprint density at radius 1 is 0.821 bits per heavy atom. The molecule has 2 nitrogen and oxygen atoms in total. The highest BCUT2D eigenvalue weighted by Gasteiger charge is 2.30. The van der Waals surface area contributed by atoms with Gasteiger partial charge in [-0.2, -0.15) is 18.2 Å². The minimum atomic E-state index is -4.41. The first-order valence-electron chi connectivity index (χ1n) is 8.67. The molecule has 0 saturated heterocycles. The van der Waals surface area contributed by atoms with E-state index in [1.54, 1.807) is 0 Å². The fourth-order valence-electron chi connectivity index (χ4n) is 2.72. The predicted molar refractivity (Wildman–Crippen MR) is 101 cm³/mol. The van der Waals surface area contributed by atoms with Gasteiger partial charge in [0.05, 0.1) is 12.1 Å². The van der Waals surface area contributed by atoms with Crippen molar-refractivity contribution in [2.45, 2.75) is 18.8 Å². The van der Waals surface area contributed by atoms with Gasteiger partial charge in [0.15, 0.2) is 0 Å². The van der Waals surface area contributed by atoms with Crippen molar-refractivity contribution in [3.8, 4) is 11.8 Å². The molecule has 28 heavy (non-hydrogen) atoms. The Morgan fingerprint density at radius 3 is 1.96 bits per heavy atom. The van der Waals surface area contributed by atoms with Crippen LogP contribution in [0.4, 0.5) is 13.2 Å². The van der Waals surface area contributed by atoms with Crippen LogP contribution in [0, 0.1) is 11.8 Å². The molecule has 0 aliphatic rings. The number of hydrogen-bond donors (Lipinski definition) is 1. The summed E-state index contributed by atoms with van der Waals surface area (Å²) in [4.78, 5) is 0. The number of alkyl halides is 3. The summed E-state index contributed by atoms with van der Waals surface area (Å²) in [5, 5.41) is 11.7. The van der Waals surface area contributed by atoms with Gasteiger partial charge < -0.3 is 5.21 Å². The molecule has 3 rings (SSSR count). The molecule has 0 aliphatic heterocycles. The Bertz CT molecular complexity index is 942. The van der Waals surface area contributed by atoms with Crippen LogP contribution in [-0.2, 0) is 12.7 Å². The third-order valence-corrected chi connectivity index (χ3v) is 4.17. The van der Waals surface area contributed by atoms with Crippen molar-refractivity contribution in [3.63, 3.8) is 0 Å². The van der Waals surface area contributed by atoms with Gasteiger partial charge in [0.25, 0.3) is 0 Å². The highest BCUT2D eigenvalue weighted by Crippen LogP contribution is 2.30. The van der Waals surface area contributed by atoms with Crippen molar-refractivity contribution in [3.05, 3.63) is 107 Å². The zero-order valence-corrected chi connectivity index (χ0v) is 14.9. The Labute approximate surface area is 161 Å². The molecule has 3 aromatic rings. The van der Waals surface area contributed by atoms with Crippen LogP contribution >= 0.6 is 0 Å². The highest BCUT2D eigenvalue weighted by atomic mass is 19.4. The first kappa shape index (κ1) is 19.7. The zero-order chi connectivity index (χ0) is 20.0. The second-order valence-corrected chi connectivity index (χ2v) is 6.24. The molecule has 1 atom stereocenters. The van der Waals surface area contributed by atoms with Gasteiger partial charge in [-0.05, 0) is 35.4 Å². The molecule has 0 aromatic heterocycles. The molecule has 0 amide bonds. The van der Waals surface area contributed by atoms with Crippen molar-refractivity contribution in [1.82, 2.24) is 5.06 Å². The van der Waals surface area contributed by atoms with Crippen LogP contribution in [0.1, 0.15) is 28.3 Å². The fraction of sp³-hybridized carbons (Fsp3) is 0.130. The van der Waals surface area contributed by atoms with Crippen LogP contribution < -0.4 is 0 Å². The normalized spacial score (nSPS) is 12.3. The van der Waals surface area contributed by atoms with Crippen LogP contribution in [0.5, 0.6) is 0 Å². The van der Waals surface area contributed by atoms with Crippen LogP contribution in [-0.4, -0.2) is 10.3 Å². The monoisotopic (exact) mass is 381 g/mol. The SMILES string of the molecule is ON(Cc1ccccc1)C(C#Cc1ccccc1)c1ccc(C(F)(F)F)cc1. The molecule has 1 N–H and O–H groups in total. The van der Waals surface area contributed by atoms with Gasteiger partial charge in [-0.1, -0.05) is 72.5 Å². The molecule has 0 saturated carbocycles. The molecule has 0 heterocycles. The van der Waals surface area contributed by atoms with E-state index < -0.39 is 17.8 Å². The lowest BCUT2D eigenvalue weighted by Crippen LogP contribution is -2.24. The average Bonchev–Trinajstić information content (AvgIpc) is 2.69. The molecule has 142 valence electrons. The third-order valence-electron chi connectivity index (χ3n) is 4.17. The predicted octanol–water partition coefficient (Wildman–Crippen LogP) is 5.69. The summed E-state index contributed by atoms with van der Waals surface area (Å²) < 4.78 is 38.5. The maximum atomic E-state index is 12.8. The van der Waals surface area contributed by atoms with E-state index >= 15 is 0 Å². The number of rotatable bonds is 4. The molecular weight excluding hydrogens is 363 g/mol. The minimum Gasteiger partial charge on any atom is -0.312 e. The van der Waals surface area contributed by atoms with Gasteiger partial charge in [0, 0.05) is 5.56 Å². The topological polar surface area (TPSA) is 23.5 Å². The first-order valence-corrected chi connectivity index (χ1v) is 8.67. The quantitative estimate of drug-likeness (QED) is 0.464. The van der Waals surface area contributed by atoms with Crippen molar-refractivity contribution in [2.24, 2.45) is 0 Å². The van der Waals surface area contributed by atoms with Crippen LogP contribution in [0.3, 0.4) is 0 Å². The van der Waals surface area contributed by atoms with E-state index in [9.17, 15) is 18.4 Å². The third kappa shape index (κ3) is 5.23. The van der Waals surface area contributed by atoms with Gasteiger partial charge in [-0.3, -0.25) is 0 Å². The second kappa shape index (κ2) is 8.75. The van der Waals surface area contributed by atoms with Gasteiger partial charge in [0.1, 0.15) is 6.04 Å². The second-order valence-electron chi connectivity index (χ2n) is 6.24.